The molecule has 0 aromatic heterocycles. The first kappa shape index (κ1) is 11.6. The van der Waals surface area contributed by atoms with Crippen LogP contribution in [-0.2, 0) is 0 Å². The Labute approximate surface area is 102 Å². The van der Waals surface area contributed by atoms with Crippen molar-refractivity contribution in [1.29, 1.82) is 0 Å². The van der Waals surface area contributed by atoms with E-state index in [0.717, 1.165) is 22.6 Å². The van der Waals surface area contributed by atoms with Crippen molar-refractivity contribution in [3.05, 3.63) is 0 Å². The molecule has 15 heavy (non-hydrogen) atoms. The first-order valence-corrected chi connectivity index (χ1v) is 7.26. The minimum Gasteiger partial charge on any atom is -0.298 e. The van der Waals surface area contributed by atoms with Crippen molar-refractivity contribution in [2.24, 2.45) is 22.7 Å². The van der Waals surface area contributed by atoms with E-state index in [1.807, 2.05) is 0 Å². The summed E-state index contributed by atoms with van der Waals surface area (Å²) in [6.45, 7) is 6.05. The predicted molar refractivity (Wildman–Crippen MR) is 69.9 cm³/mol. The lowest BCUT2D eigenvalue weighted by Gasteiger charge is -2.44. The van der Waals surface area contributed by atoms with Gasteiger partial charge in [0.1, 0.15) is 0 Å². The minimum absolute atomic E-state index is 0.546. The van der Waals surface area contributed by atoms with Crippen LogP contribution in [0.3, 0.4) is 0 Å². The van der Waals surface area contributed by atoms with Gasteiger partial charge in [-0.1, -0.05) is 29.3 Å². The summed E-state index contributed by atoms with van der Waals surface area (Å²) in [6, 6.07) is 0.546. The monoisotopic (exact) mass is 271 g/mol. The molecule has 1 nitrogen and oxygen atoms in total. The van der Waals surface area contributed by atoms with Gasteiger partial charge in [0, 0.05) is 10.9 Å². The number of aliphatic imine (C=N–C) groups is 1. The van der Waals surface area contributed by atoms with Crippen LogP contribution in [-0.4, -0.2) is 17.6 Å². The molecule has 0 saturated heterocycles. The Hall–Kier alpha value is 0.150. The summed E-state index contributed by atoms with van der Waals surface area (Å²) in [7, 11) is 0. The first-order valence-electron chi connectivity index (χ1n) is 6.34. The smallest absolute Gasteiger partial charge is 0.0495 e. The van der Waals surface area contributed by atoms with Crippen LogP contribution in [0, 0.1) is 17.8 Å². The Bertz CT molecular complexity index is 229. The van der Waals surface area contributed by atoms with E-state index in [1.165, 1.54) is 38.5 Å². The van der Waals surface area contributed by atoms with E-state index in [1.54, 1.807) is 0 Å². The highest BCUT2D eigenvalue weighted by Gasteiger charge is 2.39. The Morgan fingerprint density at radius 2 is 2.07 bits per heavy atom. The number of hydrogen-bond donors (Lipinski definition) is 0. The second-order valence-electron chi connectivity index (χ2n) is 5.34. The van der Waals surface area contributed by atoms with Crippen LogP contribution in [0.2, 0.25) is 0 Å². The molecule has 0 bridgehead atoms. The Balaban J connectivity index is 2.00. The summed E-state index contributed by atoms with van der Waals surface area (Å²) in [6.07, 6.45) is 8.14. The van der Waals surface area contributed by atoms with E-state index < -0.39 is 0 Å². The third-order valence-electron chi connectivity index (χ3n) is 4.52. The Morgan fingerprint density at radius 3 is 2.73 bits per heavy atom. The van der Waals surface area contributed by atoms with Crippen molar-refractivity contribution in [1.82, 2.24) is 0 Å². The van der Waals surface area contributed by atoms with Crippen LogP contribution in [0.25, 0.3) is 0 Å². The zero-order valence-corrected chi connectivity index (χ0v) is 11.2. The number of alkyl halides is 1. The molecule has 5 atom stereocenters. The molecule has 0 N–H and O–H groups in total. The molecule has 5 unspecified atom stereocenters. The third-order valence-corrected chi connectivity index (χ3v) is 5.57. The molecule has 2 heteroatoms. The van der Waals surface area contributed by atoms with Gasteiger partial charge in [0.05, 0.1) is 0 Å². The molecule has 2 saturated carbocycles. The number of fused-ring (bicyclic) bond motifs is 1. The highest BCUT2D eigenvalue weighted by atomic mass is 79.9. The van der Waals surface area contributed by atoms with Gasteiger partial charge in [-0.25, -0.2) is 0 Å². The molecule has 0 spiro atoms. The van der Waals surface area contributed by atoms with Gasteiger partial charge in [0.25, 0.3) is 0 Å². The van der Waals surface area contributed by atoms with Crippen molar-refractivity contribution in [3.8, 4) is 0 Å². The van der Waals surface area contributed by atoms with Crippen molar-refractivity contribution < 1.29 is 0 Å². The molecule has 0 radical (unpaired) electrons. The van der Waals surface area contributed by atoms with Gasteiger partial charge in [0.2, 0.25) is 0 Å². The van der Waals surface area contributed by atoms with E-state index >= 15 is 0 Å². The molecule has 0 heterocycles. The fourth-order valence-electron chi connectivity index (χ4n) is 3.50. The molecule has 2 aliphatic carbocycles. The van der Waals surface area contributed by atoms with Crippen LogP contribution in [0.4, 0.5) is 0 Å². The van der Waals surface area contributed by atoms with Crippen molar-refractivity contribution in [2.75, 3.05) is 0 Å². The predicted octanol–water partition coefficient (Wildman–Crippen LogP) is 4.06. The van der Waals surface area contributed by atoms with E-state index in [0.29, 0.717) is 6.04 Å². The first-order chi connectivity index (χ1) is 7.24. The standard InChI is InChI=1S/C13H22BrN/c1-3-9-6-10-4-5-11(15-2)8-12(10)13(14)7-9/h9-13H,2-8H2,1H3. The summed E-state index contributed by atoms with van der Waals surface area (Å²) >= 11 is 3.91. The number of nitrogens with zero attached hydrogens (tertiary/aromatic N) is 1. The molecule has 0 aromatic carbocycles. The zero-order chi connectivity index (χ0) is 10.8. The highest BCUT2D eigenvalue weighted by Crippen LogP contribution is 2.46. The molecule has 0 aliphatic heterocycles. The van der Waals surface area contributed by atoms with E-state index in [4.69, 9.17) is 0 Å². The second kappa shape index (κ2) is 4.99. The average molecular weight is 272 g/mol. The summed E-state index contributed by atoms with van der Waals surface area (Å²) < 4.78 is 0. The lowest BCUT2D eigenvalue weighted by atomic mass is 9.66. The SMILES string of the molecule is C=NC1CCC2CC(CC)CC(Br)C2C1. The molecule has 0 amide bonds. The summed E-state index contributed by atoms with van der Waals surface area (Å²) in [4.78, 5) is 4.98. The molecular weight excluding hydrogens is 250 g/mol. The zero-order valence-electron chi connectivity index (χ0n) is 9.66. The largest absolute Gasteiger partial charge is 0.298 e. The quantitative estimate of drug-likeness (QED) is 0.531. The summed E-state index contributed by atoms with van der Waals surface area (Å²) in [5.41, 5.74) is 0. The van der Waals surface area contributed by atoms with Crippen LogP contribution in [0.5, 0.6) is 0 Å². The molecule has 2 fully saturated rings. The van der Waals surface area contributed by atoms with Gasteiger partial charge in [-0.15, -0.1) is 0 Å². The van der Waals surface area contributed by atoms with Crippen molar-refractivity contribution in [2.45, 2.75) is 56.3 Å². The van der Waals surface area contributed by atoms with Crippen LogP contribution >= 0.6 is 15.9 Å². The van der Waals surface area contributed by atoms with Crippen LogP contribution in [0.1, 0.15) is 45.4 Å². The molecule has 86 valence electrons. The van der Waals surface area contributed by atoms with Gasteiger partial charge in [-0.3, -0.25) is 4.99 Å². The third kappa shape index (κ3) is 2.46. The van der Waals surface area contributed by atoms with Gasteiger partial charge in [-0.2, -0.15) is 0 Å². The Kier molecular flexibility index (Phi) is 3.87. The fraction of sp³-hybridized carbons (Fsp3) is 0.923. The number of rotatable bonds is 2. The van der Waals surface area contributed by atoms with Gasteiger partial charge < -0.3 is 0 Å². The Morgan fingerprint density at radius 1 is 1.27 bits per heavy atom. The van der Waals surface area contributed by atoms with Crippen LogP contribution in [0.15, 0.2) is 4.99 Å². The second-order valence-corrected chi connectivity index (χ2v) is 6.51. The van der Waals surface area contributed by atoms with E-state index in [-0.39, 0.29) is 0 Å². The summed E-state index contributed by atoms with van der Waals surface area (Å²) in [5.74, 6) is 2.80. The number of halogens is 1. The van der Waals surface area contributed by atoms with Gasteiger partial charge in [-0.05, 0) is 56.6 Å². The van der Waals surface area contributed by atoms with E-state index in [9.17, 15) is 0 Å². The minimum atomic E-state index is 0.546. The maximum atomic E-state index is 4.24. The lowest BCUT2D eigenvalue weighted by molar-refractivity contribution is 0.127. The van der Waals surface area contributed by atoms with Gasteiger partial charge in [0.15, 0.2) is 0 Å². The normalized spacial score (nSPS) is 45.9. The van der Waals surface area contributed by atoms with E-state index in [2.05, 4.69) is 34.6 Å². The van der Waals surface area contributed by atoms with Crippen molar-refractivity contribution >= 4 is 22.6 Å². The van der Waals surface area contributed by atoms with Crippen molar-refractivity contribution in [3.63, 3.8) is 0 Å². The fourth-order valence-corrected chi connectivity index (χ4v) is 4.67. The maximum absolute atomic E-state index is 4.24. The van der Waals surface area contributed by atoms with Gasteiger partial charge >= 0.3 is 0 Å². The molecule has 2 aliphatic rings. The maximum Gasteiger partial charge on any atom is 0.0495 e. The average Bonchev–Trinajstić information content (AvgIpc) is 2.28. The topological polar surface area (TPSA) is 12.4 Å². The lowest BCUT2D eigenvalue weighted by Crippen LogP contribution is -2.38. The summed E-state index contributed by atoms with van der Waals surface area (Å²) in [5, 5.41) is 0. The highest BCUT2D eigenvalue weighted by molar-refractivity contribution is 9.09. The molecule has 2 rings (SSSR count). The van der Waals surface area contributed by atoms with Crippen LogP contribution < -0.4 is 0 Å². The number of hydrogen-bond acceptors (Lipinski definition) is 1. The molecular formula is C13H22BrN. The molecule has 0 aromatic rings.